The zero-order valence-corrected chi connectivity index (χ0v) is 16.6. The molecule has 0 atom stereocenters. The van der Waals surface area contributed by atoms with E-state index in [1.54, 1.807) is 23.5 Å². The van der Waals surface area contributed by atoms with E-state index in [1.165, 1.54) is 0 Å². The van der Waals surface area contributed by atoms with Crippen LogP contribution in [-0.2, 0) is 0 Å². The van der Waals surface area contributed by atoms with E-state index in [0.717, 1.165) is 34.2 Å². The van der Waals surface area contributed by atoms with Gasteiger partial charge >= 0.3 is 11.3 Å². The molecule has 0 bridgehead atoms. The summed E-state index contributed by atoms with van der Waals surface area (Å²) in [7, 11) is 3.24. The average Bonchev–Trinajstić information content (AvgIpc) is 3.01. The Morgan fingerprint density at radius 3 is 1.86 bits per heavy atom. The van der Waals surface area contributed by atoms with Crippen molar-refractivity contribution in [3.8, 4) is 22.9 Å². The number of fused-ring (bicyclic) bond motifs is 1. The number of hydrogen-bond acceptors (Lipinski definition) is 3. The SMILES string of the molecule is COc1ccc(-n2c(=O)n(-c3ccc(OC)cc3)[n+]3c(C)cccc23)cc1.[Cl-]. The highest BCUT2D eigenvalue weighted by molar-refractivity contribution is 5.46. The summed E-state index contributed by atoms with van der Waals surface area (Å²) in [5.74, 6) is 1.49. The van der Waals surface area contributed by atoms with Crippen molar-refractivity contribution in [3.63, 3.8) is 0 Å². The van der Waals surface area contributed by atoms with Gasteiger partial charge < -0.3 is 21.9 Å². The second-order valence-corrected chi connectivity index (χ2v) is 6.16. The standard InChI is InChI=1S/C21H20N3O3.ClH/c1-15-5-4-6-20-22(16-7-11-18(26-2)12-8-16)21(25)24(23(15)20)17-9-13-19(27-3)14-10-17;/h4-14H,1-3H3;1H/q+1;/p-1. The summed E-state index contributed by atoms with van der Waals surface area (Å²) >= 11 is 0. The maximum atomic E-state index is 13.4. The van der Waals surface area contributed by atoms with E-state index in [1.807, 2.05) is 78.2 Å². The minimum atomic E-state index is -0.153. The van der Waals surface area contributed by atoms with Crippen molar-refractivity contribution in [1.82, 2.24) is 9.25 Å². The largest absolute Gasteiger partial charge is 1.00 e. The maximum absolute atomic E-state index is 13.4. The molecule has 144 valence electrons. The molecule has 4 rings (SSSR count). The number of nitrogens with zero attached hydrogens (tertiary/aromatic N) is 3. The molecule has 0 saturated carbocycles. The number of halogens is 1. The number of ether oxygens (including phenoxy) is 2. The van der Waals surface area contributed by atoms with E-state index in [2.05, 4.69) is 0 Å². The molecule has 2 aromatic heterocycles. The van der Waals surface area contributed by atoms with Gasteiger partial charge in [-0.25, -0.2) is 4.79 Å². The lowest BCUT2D eigenvalue weighted by molar-refractivity contribution is -0.606. The summed E-state index contributed by atoms with van der Waals surface area (Å²) in [6.07, 6.45) is 0. The Morgan fingerprint density at radius 1 is 0.786 bits per heavy atom. The van der Waals surface area contributed by atoms with E-state index in [4.69, 9.17) is 9.47 Å². The van der Waals surface area contributed by atoms with Gasteiger partial charge in [-0.05, 0) is 54.6 Å². The number of aromatic nitrogens is 3. The van der Waals surface area contributed by atoms with E-state index in [0.29, 0.717) is 0 Å². The Hall–Kier alpha value is -3.25. The van der Waals surface area contributed by atoms with E-state index < -0.39 is 0 Å². The smallest absolute Gasteiger partial charge is 0.457 e. The van der Waals surface area contributed by atoms with Crippen LogP contribution in [0, 0.1) is 6.92 Å². The fourth-order valence-electron chi connectivity index (χ4n) is 3.23. The number of benzene rings is 2. The molecule has 0 aliphatic rings. The van der Waals surface area contributed by atoms with Crippen molar-refractivity contribution >= 4 is 5.65 Å². The van der Waals surface area contributed by atoms with Crippen LogP contribution >= 0.6 is 0 Å². The van der Waals surface area contributed by atoms with Crippen LogP contribution in [0.3, 0.4) is 0 Å². The first-order valence-corrected chi connectivity index (χ1v) is 8.58. The Bertz CT molecular complexity index is 1160. The summed E-state index contributed by atoms with van der Waals surface area (Å²) in [6.45, 7) is 1.98. The third-order valence-electron chi connectivity index (χ3n) is 4.58. The first-order chi connectivity index (χ1) is 13.1. The normalized spacial score (nSPS) is 10.5. The summed E-state index contributed by atoms with van der Waals surface area (Å²) in [5.41, 5.74) is 3.11. The van der Waals surface area contributed by atoms with E-state index in [9.17, 15) is 4.79 Å². The lowest BCUT2D eigenvalue weighted by Gasteiger charge is -2.03. The molecule has 0 aliphatic heterocycles. The van der Waals surface area contributed by atoms with Crippen LogP contribution in [0.2, 0.25) is 0 Å². The molecule has 2 heterocycles. The number of aryl methyl sites for hydroxylation is 1. The Morgan fingerprint density at radius 2 is 1.32 bits per heavy atom. The van der Waals surface area contributed by atoms with Crippen LogP contribution in [0.4, 0.5) is 0 Å². The first-order valence-electron chi connectivity index (χ1n) is 8.58. The summed E-state index contributed by atoms with van der Waals surface area (Å²) in [5, 5.41) is 0. The van der Waals surface area contributed by atoms with Gasteiger partial charge in [0.25, 0.3) is 0 Å². The molecule has 7 heteroatoms. The van der Waals surface area contributed by atoms with Gasteiger partial charge in [0.15, 0.2) is 0 Å². The summed E-state index contributed by atoms with van der Waals surface area (Å²) < 4.78 is 15.7. The lowest BCUT2D eigenvalue weighted by Crippen LogP contribution is -3.00. The molecule has 0 saturated heterocycles. The number of hydrogen-bond donors (Lipinski definition) is 0. The molecule has 28 heavy (non-hydrogen) atoms. The number of methoxy groups -OCH3 is 2. The summed E-state index contributed by atoms with van der Waals surface area (Å²) in [4.78, 5) is 13.4. The third-order valence-corrected chi connectivity index (χ3v) is 4.58. The molecule has 0 unspecified atom stereocenters. The van der Waals surface area contributed by atoms with Gasteiger partial charge in [0.1, 0.15) is 22.9 Å². The molecule has 0 N–H and O–H groups in total. The monoisotopic (exact) mass is 397 g/mol. The minimum Gasteiger partial charge on any atom is -1.00 e. The predicted molar refractivity (Wildman–Crippen MR) is 102 cm³/mol. The Kier molecular flexibility index (Phi) is 5.42. The van der Waals surface area contributed by atoms with Gasteiger partial charge in [-0.3, -0.25) is 0 Å². The van der Waals surface area contributed by atoms with Gasteiger partial charge in [-0.1, -0.05) is 6.07 Å². The molecule has 0 aliphatic carbocycles. The van der Waals surface area contributed by atoms with Crippen molar-refractivity contribution in [3.05, 3.63) is 82.9 Å². The number of pyridine rings is 1. The lowest BCUT2D eigenvalue weighted by atomic mass is 10.3. The van der Waals surface area contributed by atoms with Crippen molar-refractivity contribution in [2.75, 3.05) is 14.2 Å². The second kappa shape index (κ2) is 7.78. The molecular formula is C21H20ClN3O3. The molecule has 0 radical (unpaired) electrons. The van der Waals surface area contributed by atoms with Gasteiger partial charge in [0.05, 0.1) is 19.9 Å². The van der Waals surface area contributed by atoms with Crippen LogP contribution in [0.5, 0.6) is 11.5 Å². The molecular weight excluding hydrogens is 378 g/mol. The fourth-order valence-corrected chi connectivity index (χ4v) is 3.23. The van der Waals surface area contributed by atoms with Crippen molar-refractivity contribution in [2.24, 2.45) is 0 Å². The van der Waals surface area contributed by atoms with Gasteiger partial charge in [-0.2, -0.15) is 0 Å². The molecule has 0 fully saturated rings. The topological polar surface area (TPSA) is 49.5 Å². The molecule has 0 amide bonds. The highest BCUT2D eigenvalue weighted by Gasteiger charge is 2.25. The molecule has 0 spiro atoms. The maximum Gasteiger partial charge on any atom is 0.457 e. The number of rotatable bonds is 4. The Labute approximate surface area is 168 Å². The summed E-state index contributed by atoms with van der Waals surface area (Å²) in [6, 6.07) is 20.7. The zero-order chi connectivity index (χ0) is 19.0. The van der Waals surface area contributed by atoms with Crippen molar-refractivity contribution in [2.45, 2.75) is 6.92 Å². The highest BCUT2D eigenvalue weighted by atomic mass is 35.5. The van der Waals surface area contributed by atoms with Crippen LogP contribution in [0.1, 0.15) is 5.69 Å². The third kappa shape index (κ3) is 3.12. The van der Waals surface area contributed by atoms with Gasteiger partial charge in [0, 0.05) is 13.0 Å². The predicted octanol–water partition coefficient (Wildman–Crippen LogP) is -0.303. The van der Waals surface area contributed by atoms with E-state index in [-0.39, 0.29) is 18.1 Å². The first kappa shape index (κ1) is 19.5. The van der Waals surface area contributed by atoms with Crippen molar-refractivity contribution < 1.29 is 26.4 Å². The van der Waals surface area contributed by atoms with Gasteiger partial charge in [0.2, 0.25) is 0 Å². The van der Waals surface area contributed by atoms with E-state index >= 15 is 0 Å². The fraction of sp³-hybridized carbons (Fsp3) is 0.143. The second-order valence-electron chi connectivity index (χ2n) is 6.16. The minimum absolute atomic E-state index is 0. The van der Waals surface area contributed by atoms with Crippen LogP contribution < -0.4 is 32.1 Å². The van der Waals surface area contributed by atoms with Crippen LogP contribution in [0.25, 0.3) is 17.0 Å². The van der Waals surface area contributed by atoms with Crippen LogP contribution in [-0.4, -0.2) is 23.5 Å². The average molecular weight is 398 g/mol. The van der Waals surface area contributed by atoms with Crippen molar-refractivity contribution in [1.29, 1.82) is 0 Å². The van der Waals surface area contributed by atoms with Crippen LogP contribution in [0.15, 0.2) is 71.5 Å². The van der Waals surface area contributed by atoms with Gasteiger partial charge in [-0.15, -0.1) is 13.8 Å². The molecule has 2 aromatic carbocycles. The Balaban J connectivity index is 0.00000225. The molecule has 6 nitrogen and oxygen atoms in total. The molecule has 4 aromatic rings. The highest BCUT2D eigenvalue weighted by Crippen LogP contribution is 2.17. The quantitative estimate of drug-likeness (QED) is 0.444. The zero-order valence-electron chi connectivity index (χ0n) is 15.8.